The predicted molar refractivity (Wildman–Crippen MR) is 161 cm³/mol. The molecule has 8 heteroatoms. The van der Waals surface area contributed by atoms with Gasteiger partial charge in [-0.15, -0.1) is 12.6 Å². The fourth-order valence-electron chi connectivity index (χ4n) is 4.40. The minimum Gasteiger partial charge on any atom is -0.398 e. The van der Waals surface area contributed by atoms with Crippen LogP contribution in [0, 0.1) is 0 Å². The number of nitrogens with zero attached hydrogens (tertiary/aromatic N) is 3. The van der Waals surface area contributed by atoms with Gasteiger partial charge < -0.3 is 19.9 Å². The number of rotatable bonds is 6. The molecule has 0 saturated carbocycles. The first-order valence-electron chi connectivity index (χ1n) is 13.6. The molecular formula is C31H40N4O3S. The van der Waals surface area contributed by atoms with Crippen LogP contribution in [0.15, 0.2) is 82.7 Å². The lowest BCUT2D eigenvalue weighted by molar-refractivity contribution is 0.0311. The fraction of sp³-hybridized carbons (Fsp3) is 0.387. The molecular weight excluding hydrogens is 508 g/mol. The van der Waals surface area contributed by atoms with Crippen LogP contribution in [0.3, 0.4) is 0 Å². The molecule has 0 unspecified atom stereocenters. The molecule has 3 aromatic rings. The normalized spacial score (nSPS) is 17.6. The van der Waals surface area contributed by atoms with Crippen LogP contribution in [0.5, 0.6) is 0 Å². The van der Waals surface area contributed by atoms with E-state index in [1.54, 1.807) is 0 Å². The lowest BCUT2D eigenvalue weighted by Gasteiger charge is -2.24. The van der Waals surface area contributed by atoms with E-state index in [4.69, 9.17) is 24.9 Å². The molecule has 2 N–H and O–H groups in total. The molecule has 0 bridgehead atoms. The number of ether oxygens (including phenoxy) is 3. The van der Waals surface area contributed by atoms with Gasteiger partial charge in [0.2, 0.25) is 0 Å². The van der Waals surface area contributed by atoms with Gasteiger partial charge in [0.05, 0.1) is 45.3 Å². The van der Waals surface area contributed by atoms with E-state index in [2.05, 4.69) is 46.7 Å². The van der Waals surface area contributed by atoms with Crippen LogP contribution >= 0.6 is 12.6 Å². The largest absolute Gasteiger partial charge is 0.398 e. The van der Waals surface area contributed by atoms with Crippen molar-refractivity contribution in [1.82, 2.24) is 9.80 Å². The van der Waals surface area contributed by atoms with E-state index in [9.17, 15) is 0 Å². The van der Waals surface area contributed by atoms with Gasteiger partial charge in [0.25, 0.3) is 0 Å². The summed E-state index contributed by atoms with van der Waals surface area (Å²) in [6, 6.07) is 24.3. The minimum absolute atomic E-state index is 0.583. The van der Waals surface area contributed by atoms with Crippen molar-refractivity contribution >= 4 is 30.2 Å². The van der Waals surface area contributed by atoms with E-state index in [0.29, 0.717) is 39.6 Å². The third-order valence-corrected chi connectivity index (χ3v) is 7.10. The Morgan fingerprint density at radius 2 is 1.18 bits per heavy atom. The first kappa shape index (κ1) is 29.3. The third kappa shape index (κ3) is 10.1. The second-order valence-electron chi connectivity index (χ2n) is 9.53. The molecule has 3 aromatic carbocycles. The number of hydrogen-bond acceptors (Lipinski definition) is 8. The van der Waals surface area contributed by atoms with E-state index < -0.39 is 0 Å². The zero-order valence-corrected chi connectivity index (χ0v) is 23.5. The summed E-state index contributed by atoms with van der Waals surface area (Å²) in [4.78, 5) is 10.4. The standard InChI is InChI=1S/C31H40N4O3S/c32-29-10-4-1-8-27(29)24-34-13-17-36-18-14-35(16-20-38-22-21-37-19-15-34)25-28-9-2-5-11-30(28)33-23-26-7-3-6-12-31(26)39/h1-12,23,39H,13-22,24-25,32H2. The average molecular weight is 549 g/mol. The highest BCUT2D eigenvalue weighted by Crippen LogP contribution is 2.21. The molecule has 1 heterocycles. The van der Waals surface area contributed by atoms with Gasteiger partial charge in [-0.1, -0.05) is 54.6 Å². The molecule has 4 rings (SSSR count). The zero-order valence-electron chi connectivity index (χ0n) is 22.6. The second kappa shape index (κ2) is 16.4. The first-order chi connectivity index (χ1) is 19.2. The summed E-state index contributed by atoms with van der Waals surface area (Å²) in [5.74, 6) is 0. The van der Waals surface area contributed by atoms with Crippen molar-refractivity contribution in [1.29, 1.82) is 0 Å². The number of aliphatic imine (C=N–C) groups is 1. The number of anilines is 1. The summed E-state index contributed by atoms with van der Waals surface area (Å²) in [5, 5.41) is 0. The maximum atomic E-state index is 6.19. The Hall–Kier alpha value is -2.72. The highest BCUT2D eigenvalue weighted by Gasteiger charge is 2.12. The molecule has 7 nitrogen and oxygen atoms in total. The van der Waals surface area contributed by atoms with Crippen LogP contribution in [-0.2, 0) is 27.3 Å². The van der Waals surface area contributed by atoms with E-state index >= 15 is 0 Å². The molecule has 0 atom stereocenters. The fourth-order valence-corrected chi connectivity index (χ4v) is 4.62. The number of thiol groups is 1. The topological polar surface area (TPSA) is 72.5 Å². The van der Waals surface area contributed by atoms with Gasteiger partial charge in [-0.25, -0.2) is 0 Å². The number of para-hydroxylation sites is 2. The number of nitrogen functional groups attached to an aromatic ring is 1. The smallest absolute Gasteiger partial charge is 0.0701 e. The molecule has 1 aliphatic heterocycles. The van der Waals surface area contributed by atoms with Crippen molar-refractivity contribution in [3.63, 3.8) is 0 Å². The Morgan fingerprint density at radius 1 is 0.667 bits per heavy atom. The molecule has 1 fully saturated rings. The van der Waals surface area contributed by atoms with Crippen LogP contribution in [0.25, 0.3) is 0 Å². The van der Waals surface area contributed by atoms with Crippen molar-refractivity contribution in [2.45, 2.75) is 18.0 Å². The van der Waals surface area contributed by atoms with Gasteiger partial charge in [-0.3, -0.25) is 14.8 Å². The molecule has 0 aliphatic carbocycles. The Morgan fingerprint density at radius 3 is 1.82 bits per heavy atom. The van der Waals surface area contributed by atoms with Crippen LogP contribution < -0.4 is 5.73 Å². The Bertz CT molecular complexity index is 1180. The summed E-state index contributed by atoms with van der Waals surface area (Å²) in [5.41, 5.74) is 11.3. The summed E-state index contributed by atoms with van der Waals surface area (Å²) in [6.45, 7) is 8.55. The van der Waals surface area contributed by atoms with Gasteiger partial charge in [0.1, 0.15) is 0 Å². The summed E-state index contributed by atoms with van der Waals surface area (Å²) >= 11 is 4.54. The molecule has 1 saturated heterocycles. The Kier molecular flexibility index (Phi) is 12.3. The van der Waals surface area contributed by atoms with E-state index in [0.717, 1.165) is 66.7 Å². The maximum Gasteiger partial charge on any atom is 0.0701 e. The second-order valence-corrected chi connectivity index (χ2v) is 10.0. The maximum absolute atomic E-state index is 6.19. The third-order valence-electron chi connectivity index (χ3n) is 6.69. The zero-order chi connectivity index (χ0) is 27.1. The van der Waals surface area contributed by atoms with Crippen LogP contribution in [0.4, 0.5) is 11.4 Å². The van der Waals surface area contributed by atoms with E-state index in [1.165, 1.54) is 5.56 Å². The SMILES string of the molecule is Nc1ccccc1CN1CCOCCOCCN(Cc2ccccc2N=Cc2ccccc2S)CCOCC1. The molecule has 39 heavy (non-hydrogen) atoms. The van der Waals surface area contributed by atoms with Crippen LogP contribution in [0.1, 0.15) is 16.7 Å². The van der Waals surface area contributed by atoms with Crippen molar-refractivity contribution in [2.75, 3.05) is 71.6 Å². The number of hydrogen-bond donors (Lipinski definition) is 2. The Labute approximate surface area is 238 Å². The Balaban J connectivity index is 1.36. The molecule has 0 radical (unpaired) electrons. The summed E-state index contributed by atoms with van der Waals surface area (Å²) < 4.78 is 17.8. The highest BCUT2D eigenvalue weighted by molar-refractivity contribution is 7.80. The molecule has 0 spiro atoms. The predicted octanol–water partition coefficient (Wildman–Crippen LogP) is 4.68. The monoisotopic (exact) mass is 548 g/mol. The molecule has 0 aromatic heterocycles. The molecule has 1 aliphatic rings. The number of benzene rings is 3. The molecule has 0 amide bonds. The van der Waals surface area contributed by atoms with Crippen molar-refractivity contribution in [2.24, 2.45) is 4.99 Å². The van der Waals surface area contributed by atoms with Crippen LogP contribution in [0.2, 0.25) is 0 Å². The van der Waals surface area contributed by atoms with Gasteiger partial charge in [-0.2, -0.15) is 0 Å². The van der Waals surface area contributed by atoms with Crippen molar-refractivity contribution in [3.05, 3.63) is 89.5 Å². The lowest BCUT2D eigenvalue weighted by atomic mass is 10.1. The number of nitrogens with two attached hydrogens (primary N) is 1. The van der Waals surface area contributed by atoms with Gasteiger partial charge in [0.15, 0.2) is 0 Å². The average Bonchev–Trinajstić information content (AvgIpc) is 2.95. The highest BCUT2D eigenvalue weighted by atomic mass is 32.1. The summed E-state index contributed by atoms with van der Waals surface area (Å²) in [7, 11) is 0. The van der Waals surface area contributed by atoms with Gasteiger partial charge in [-0.05, 0) is 29.3 Å². The van der Waals surface area contributed by atoms with Crippen molar-refractivity contribution in [3.8, 4) is 0 Å². The quantitative estimate of drug-likeness (QED) is 0.265. The molecule has 208 valence electrons. The minimum atomic E-state index is 0.583. The van der Waals surface area contributed by atoms with E-state index in [1.807, 2.05) is 54.7 Å². The van der Waals surface area contributed by atoms with Gasteiger partial charge in [0, 0.05) is 61.6 Å². The van der Waals surface area contributed by atoms with Gasteiger partial charge >= 0.3 is 0 Å². The van der Waals surface area contributed by atoms with Crippen LogP contribution in [-0.4, -0.2) is 81.8 Å². The van der Waals surface area contributed by atoms with E-state index in [-0.39, 0.29) is 0 Å². The first-order valence-corrected chi connectivity index (χ1v) is 14.0. The van der Waals surface area contributed by atoms with Crippen molar-refractivity contribution < 1.29 is 14.2 Å². The lowest BCUT2D eigenvalue weighted by Crippen LogP contribution is -2.33. The summed E-state index contributed by atoms with van der Waals surface area (Å²) in [6.07, 6.45) is 1.88.